The molecule has 1 amide bonds. The summed E-state index contributed by atoms with van der Waals surface area (Å²) in [4.78, 5) is 24.2. The molecule has 1 atom stereocenters. The number of guanidine groups is 1. The van der Waals surface area contributed by atoms with Gasteiger partial charge in [-0.05, 0) is 44.4 Å². The Labute approximate surface area is 182 Å². The highest BCUT2D eigenvalue weighted by molar-refractivity contribution is 7.11. The first-order chi connectivity index (χ1) is 14.5. The van der Waals surface area contributed by atoms with Gasteiger partial charge in [0.2, 0.25) is 5.91 Å². The van der Waals surface area contributed by atoms with Gasteiger partial charge in [0, 0.05) is 30.7 Å². The van der Waals surface area contributed by atoms with E-state index in [0.29, 0.717) is 13.1 Å². The number of carbonyl (C=O) groups is 1. The first-order valence-corrected chi connectivity index (χ1v) is 11.4. The van der Waals surface area contributed by atoms with E-state index in [2.05, 4.69) is 58.6 Å². The molecule has 0 aliphatic carbocycles. The van der Waals surface area contributed by atoms with Crippen LogP contribution in [0.3, 0.4) is 0 Å². The molecular formula is C22H32N6OS. The van der Waals surface area contributed by atoms with Crippen molar-refractivity contribution < 1.29 is 4.79 Å². The molecular weight excluding hydrogens is 396 g/mol. The lowest BCUT2D eigenvalue weighted by Gasteiger charge is -2.31. The van der Waals surface area contributed by atoms with Crippen LogP contribution in [-0.4, -0.2) is 41.4 Å². The fourth-order valence-electron chi connectivity index (χ4n) is 3.67. The second-order valence-corrected chi connectivity index (χ2v) is 9.03. The standard InChI is InChI=1S/C22H32N6OS/c1-3-24-22(27-13-20-25-11-16(2)30-20)26-12-17-6-4-7-18(10-17)14-28-9-5-8-19(15-28)21(23)29/h4,6-7,10-11,19H,3,5,8-9,12-15H2,1-2H3,(H2,23,29)(H2,24,26,27). The van der Waals surface area contributed by atoms with Gasteiger partial charge in [-0.15, -0.1) is 11.3 Å². The number of nitrogens with two attached hydrogens (primary N) is 1. The highest BCUT2D eigenvalue weighted by Gasteiger charge is 2.23. The second kappa shape index (κ2) is 11.1. The van der Waals surface area contributed by atoms with Crippen molar-refractivity contribution in [2.45, 2.75) is 46.3 Å². The van der Waals surface area contributed by atoms with Crippen LogP contribution in [0.5, 0.6) is 0 Å². The molecule has 4 N–H and O–H groups in total. The van der Waals surface area contributed by atoms with E-state index in [4.69, 9.17) is 10.7 Å². The Hall–Kier alpha value is -2.45. The number of nitrogens with one attached hydrogen (secondary N) is 2. The highest BCUT2D eigenvalue weighted by atomic mass is 32.1. The van der Waals surface area contributed by atoms with Gasteiger partial charge in [0.25, 0.3) is 0 Å². The second-order valence-electron chi connectivity index (χ2n) is 7.71. The maximum atomic E-state index is 11.5. The number of benzene rings is 1. The molecule has 0 spiro atoms. The van der Waals surface area contributed by atoms with Crippen LogP contribution in [0.1, 0.15) is 40.8 Å². The minimum absolute atomic E-state index is 0.0260. The molecule has 30 heavy (non-hydrogen) atoms. The first kappa shape index (κ1) is 22.2. The fourth-order valence-corrected chi connectivity index (χ4v) is 4.40. The highest BCUT2D eigenvalue weighted by Crippen LogP contribution is 2.19. The lowest BCUT2D eigenvalue weighted by molar-refractivity contribution is -0.123. The van der Waals surface area contributed by atoms with Crippen LogP contribution in [0.2, 0.25) is 0 Å². The third kappa shape index (κ3) is 6.81. The molecule has 3 rings (SSSR count). The van der Waals surface area contributed by atoms with Crippen molar-refractivity contribution in [3.8, 4) is 0 Å². The third-order valence-corrected chi connectivity index (χ3v) is 6.06. The number of carbonyl (C=O) groups excluding carboxylic acids is 1. The minimum atomic E-state index is -0.181. The quantitative estimate of drug-likeness (QED) is 0.443. The maximum absolute atomic E-state index is 11.5. The molecule has 1 aromatic heterocycles. The number of piperidine rings is 1. The Morgan fingerprint density at radius 2 is 2.20 bits per heavy atom. The predicted molar refractivity (Wildman–Crippen MR) is 122 cm³/mol. The SMILES string of the molecule is CCNC(=NCc1cccc(CN2CCCC(C(N)=O)C2)c1)NCc1ncc(C)s1. The molecule has 8 heteroatoms. The Morgan fingerprint density at radius 3 is 2.93 bits per heavy atom. The zero-order chi connectivity index (χ0) is 21.3. The van der Waals surface area contributed by atoms with Crippen molar-refractivity contribution in [2.24, 2.45) is 16.6 Å². The summed E-state index contributed by atoms with van der Waals surface area (Å²) in [6.45, 7) is 8.79. The number of aryl methyl sites for hydroxylation is 1. The average molecular weight is 429 g/mol. The summed E-state index contributed by atoms with van der Waals surface area (Å²) < 4.78 is 0. The molecule has 2 heterocycles. The van der Waals surface area contributed by atoms with Crippen LogP contribution < -0.4 is 16.4 Å². The number of hydrogen-bond acceptors (Lipinski definition) is 5. The van der Waals surface area contributed by atoms with Gasteiger partial charge in [-0.25, -0.2) is 9.98 Å². The molecule has 1 aromatic carbocycles. The summed E-state index contributed by atoms with van der Waals surface area (Å²) >= 11 is 1.69. The molecule has 162 valence electrons. The van der Waals surface area contributed by atoms with Crippen molar-refractivity contribution >= 4 is 23.2 Å². The van der Waals surface area contributed by atoms with E-state index in [-0.39, 0.29) is 11.8 Å². The van der Waals surface area contributed by atoms with Crippen LogP contribution >= 0.6 is 11.3 Å². The molecule has 0 bridgehead atoms. The lowest BCUT2D eigenvalue weighted by atomic mass is 9.97. The molecule has 1 aliphatic rings. The van der Waals surface area contributed by atoms with Gasteiger partial charge in [-0.1, -0.05) is 24.3 Å². The van der Waals surface area contributed by atoms with Gasteiger partial charge in [0.15, 0.2) is 5.96 Å². The summed E-state index contributed by atoms with van der Waals surface area (Å²) in [6, 6.07) is 8.51. The molecule has 0 radical (unpaired) electrons. The van der Waals surface area contributed by atoms with E-state index >= 15 is 0 Å². The van der Waals surface area contributed by atoms with Gasteiger partial charge in [0.1, 0.15) is 5.01 Å². The molecule has 1 saturated heterocycles. The normalized spacial score (nSPS) is 17.7. The van der Waals surface area contributed by atoms with Gasteiger partial charge >= 0.3 is 0 Å². The molecule has 2 aromatic rings. The van der Waals surface area contributed by atoms with Gasteiger partial charge in [-0.2, -0.15) is 0 Å². The molecule has 0 saturated carbocycles. The maximum Gasteiger partial charge on any atom is 0.221 e. The van der Waals surface area contributed by atoms with E-state index < -0.39 is 0 Å². The van der Waals surface area contributed by atoms with Crippen molar-refractivity contribution in [1.29, 1.82) is 0 Å². The summed E-state index contributed by atoms with van der Waals surface area (Å²) in [7, 11) is 0. The topological polar surface area (TPSA) is 95.6 Å². The zero-order valence-corrected chi connectivity index (χ0v) is 18.7. The van der Waals surface area contributed by atoms with E-state index in [1.807, 2.05) is 6.20 Å². The number of rotatable bonds is 8. The van der Waals surface area contributed by atoms with Crippen LogP contribution in [0, 0.1) is 12.8 Å². The average Bonchev–Trinajstić information content (AvgIpc) is 3.16. The monoisotopic (exact) mass is 428 g/mol. The van der Waals surface area contributed by atoms with Crippen LogP contribution in [0.25, 0.3) is 0 Å². The van der Waals surface area contributed by atoms with Gasteiger partial charge in [0.05, 0.1) is 19.0 Å². The van der Waals surface area contributed by atoms with Crippen molar-refractivity contribution in [3.63, 3.8) is 0 Å². The van der Waals surface area contributed by atoms with Crippen LogP contribution in [-0.2, 0) is 24.4 Å². The van der Waals surface area contributed by atoms with Crippen LogP contribution in [0.4, 0.5) is 0 Å². The van der Waals surface area contributed by atoms with Gasteiger partial charge in [-0.3, -0.25) is 9.69 Å². The molecule has 1 unspecified atom stereocenters. The van der Waals surface area contributed by atoms with Crippen LogP contribution in [0.15, 0.2) is 35.5 Å². The zero-order valence-electron chi connectivity index (χ0n) is 17.9. The number of primary amides is 1. The number of amides is 1. The predicted octanol–water partition coefficient (Wildman–Crippen LogP) is 2.40. The summed E-state index contributed by atoms with van der Waals surface area (Å²) in [6.07, 6.45) is 3.82. The lowest BCUT2D eigenvalue weighted by Crippen LogP contribution is -2.40. The first-order valence-electron chi connectivity index (χ1n) is 10.6. The number of aromatic nitrogens is 1. The van der Waals surface area contributed by atoms with E-state index in [1.165, 1.54) is 16.0 Å². The smallest absolute Gasteiger partial charge is 0.221 e. The van der Waals surface area contributed by atoms with E-state index in [9.17, 15) is 4.79 Å². The fraction of sp³-hybridized carbons (Fsp3) is 0.500. The number of nitrogens with zero attached hydrogens (tertiary/aromatic N) is 3. The summed E-state index contributed by atoms with van der Waals surface area (Å²) in [5.74, 6) is 0.581. The Morgan fingerprint density at radius 1 is 1.37 bits per heavy atom. The summed E-state index contributed by atoms with van der Waals surface area (Å²) in [5.41, 5.74) is 7.91. The molecule has 7 nitrogen and oxygen atoms in total. The van der Waals surface area contributed by atoms with E-state index in [0.717, 1.165) is 50.0 Å². The Kier molecular flexibility index (Phi) is 8.21. The number of likely N-dealkylation sites (tertiary alicyclic amines) is 1. The number of hydrogen-bond donors (Lipinski definition) is 3. The van der Waals surface area contributed by atoms with E-state index in [1.54, 1.807) is 11.3 Å². The van der Waals surface area contributed by atoms with Gasteiger partial charge < -0.3 is 16.4 Å². The molecule has 1 aliphatic heterocycles. The van der Waals surface area contributed by atoms with Crippen molar-refractivity contribution in [1.82, 2.24) is 20.5 Å². The molecule has 1 fully saturated rings. The third-order valence-electron chi connectivity index (χ3n) is 5.15. The van der Waals surface area contributed by atoms with Crippen molar-refractivity contribution in [3.05, 3.63) is 51.5 Å². The van der Waals surface area contributed by atoms with Crippen molar-refractivity contribution in [2.75, 3.05) is 19.6 Å². The largest absolute Gasteiger partial charge is 0.369 e. The Balaban J connectivity index is 1.57. The Bertz CT molecular complexity index is 865. The number of thiazole rings is 1. The number of aliphatic imine (C=N–C) groups is 1. The summed E-state index contributed by atoms with van der Waals surface area (Å²) in [5, 5.41) is 7.69. The minimum Gasteiger partial charge on any atom is -0.369 e.